The molecule has 0 radical (unpaired) electrons. The van der Waals surface area contributed by atoms with Gasteiger partial charge < -0.3 is 10.4 Å². The van der Waals surface area contributed by atoms with Crippen LogP contribution in [0.1, 0.15) is 74.4 Å². The van der Waals surface area contributed by atoms with Crippen molar-refractivity contribution in [2.24, 2.45) is 5.41 Å². The molecule has 132 valence electrons. The monoisotopic (exact) mass is 350 g/mol. The van der Waals surface area contributed by atoms with E-state index in [0.29, 0.717) is 25.3 Å². The third-order valence-corrected chi connectivity index (χ3v) is 6.44. The molecule has 0 spiro atoms. The third-order valence-electron chi connectivity index (χ3n) is 5.52. The summed E-state index contributed by atoms with van der Waals surface area (Å²) in [5, 5.41) is 15.4. The maximum absolute atomic E-state index is 12.0. The van der Waals surface area contributed by atoms with Crippen molar-refractivity contribution >= 4 is 23.2 Å². The molecular formula is C18H26N2O3S. The average molecular weight is 350 g/mol. The van der Waals surface area contributed by atoms with Crippen molar-refractivity contribution in [3.63, 3.8) is 0 Å². The molecule has 6 heteroatoms. The van der Waals surface area contributed by atoms with Gasteiger partial charge in [0.2, 0.25) is 5.91 Å². The predicted octanol–water partition coefficient (Wildman–Crippen LogP) is 3.49. The van der Waals surface area contributed by atoms with Gasteiger partial charge in [-0.25, -0.2) is 4.98 Å². The topological polar surface area (TPSA) is 79.3 Å². The molecule has 2 aliphatic carbocycles. The lowest BCUT2D eigenvalue weighted by Crippen LogP contribution is -2.42. The van der Waals surface area contributed by atoms with E-state index in [1.807, 2.05) is 0 Å². The van der Waals surface area contributed by atoms with E-state index in [2.05, 4.69) is 10.7 Å². The van der Waals surface area contributed by atoms with Gasteiger partial charge in [-0.3, -0.25) is 9.59 Å². The normalized spacial score (nSPS) is 20.3. The summed E-state index contributed by atoms with van der Waals surface area (Å²) in [5.74, 6) is -0.366. The first-order chi connectivity index (χ1) is 11.6. The second kappa shape index (κ2) is 7.64. The summed E-state index contributed by atoms with van der Waals surface area (Å²) >= 11 is 1.67. The number of nitrogens with zero attached hydrogens (tertiary/aromatic N) is 1. The van der Waals surface area contributed by atoms with Crippen LogP contribution < -0.4 is 5.32 Å². The minimum Gasteiger partial charge on any atom is -0.481 e. The lowest BCUT2D eigenvalue weighted by atomic mass is 9.66. The standard InChI is InChI=1S/C18H26N2O3S/c21-15(11-18(17(22)23)8-4-9-18)19-10-7-16-20-14(12-24-16)13-5-2-1-3-6-13/h12-13H,1-11H2,(H,19,21)(H,22,23). The predicted molar refractivity (Wildman–Crippen MR) is 93.2 cm³/mol. The number of carboxylic acid groups (broad SMARTS) is 1. The van der Waals surface area contributed by atoms with E-state index >= 15 is 0 Å². The highest BCUT2D eigenvalue weighted by atomic mass is 32.1. The Morgan fingerprint density at radius 1 is 1.25 bits per heavy atom. The Morgan fingerprint density at radius 2 is 2.00 bits per heavy atom. The number of nitrogens with one attached hydrogen (secondary N) is 1. The zero-order valence-electron chi connectivity index (χ0n) is 14.1. The lowest BCUT2D eigenvalue weighted by molar-refractivity contribution is -0.157. The zero-order chi connectivity index (χ0) is 17.0. The first-order valence-electron chi connectivity index (χ1n) is 9.03. The molecule has 0 aliphatic heterocycles. The molecule has 2 N–H and O–H groups in total. The van der Waals surface area contributed by atoms with E-state index in [9.17, 15) is 14.7 Å². The van der Waals surface area contributed by atoms with Gasteiger partial charge >= 0.3 is 5.97 Å². The van der Waals surface area contributed by atoms with Gasteiger partial charge in [0.15, 0.2) is 0 Å². The number of carboxylic acids is 1. The van der Waals surface area contributed by atoms with Crippen molar-refractivity contribution in [1.29, 1.82) is 0 Å². The number of rotatable bonds is 7. The number of carbonyl (C=O) groups excluding carboxylic acids is 1. The summed E-state index contributed by atoms with van der Waals surface area (Å²) in [4.78, 5) is 28.0. The summed E-state index contributed by atoms with van der Waals surface area (Å²) in [7, 11) is 0. The van der Waals surface area contributed by atoms with E-state index in [4.69, 9.17) is 4.98 Å². The van der Waals surface area contributed by atoms with E-state index in [-0.39, 0.29) is 12.3 Å². The molecule has 2 fully saturated rings. The van der Waals surface area contributed by atoms with E-state index < -0.39 is 11.4 Å². The highest BCUT2D eigenvalue weighted by Crippen LogP contribution is 2.44. The number of thiazole rings is 1. The average Bonchev–Trinajstić information content (AvgIpc) is 3.00. The van der Waals surface area contributed by atoms with Gasteiger partial charge in [-0.2, -0.15) is 0 Å². The molecule has 0 atom stereocenters. The highest BCUT2D eigenvalue weighted by molar-refractivity contribution is 7.09. The molecule has 1 amide bonds. The van der Waals surface area contributed by atoms with Crippen molar-refractivity contribution < 1.29 is 14.7 Å². The van der Waals surface area contributed by atoms with E-state index in [1.165, 1.54) is 37.8 Å². The number of aliphatic carboxylic acids is 1. The van der Waals surface area contributed by atoms with Crippen molar-refractivity contribution in [3.05, 3.63) is 16.1 Å². The summed E-state index contributed by atoms with van der Waals surface area (Å²) in [6, 6.07) is 0. The van der Waals surface area contributed by atoms with E-state index in [1.54, 1.807) is 11.3 Å². The molecule has 2 aliphatic rings. The Morgan fingerprint density at radius 3 is 2.62 bits per heavy atom. The Hall–Kier alpha value is -1.43. The molecule has 0 bridgehead atoms. The minimum absolute atomic E-state index is 0.105. The van der Waals surface area contributed by atoms with Gasteiger partial charge in [-0.05, 0) is 25.7 Å². The first kappa shape index (κ1) is 17.4. The Bertz CT molecular complexity index is 589. The Kier molecular flexibility index (Phi) is 5.54. The summed E-state index contributed by atoms with van der Waals surface area (Å²) in [6.07, 6.45) is 9.42. The molecule has 0 saturated heterocycles. The molecule has 1 aromatic heterocycles. The van der Waals surface area contributed by atoms with Crippen molar-refractivity contribution in [1.82, 2.24) is 10.3 Å². The van der Waals surface area contributed by atoms with Crippen LogP contribution in [0.4, 0.5) is 0 Å². The summed E-state index contributed by atoms with van der Waals surface area (Å²) < 4.78 is 0. The second-order valence-corrected chi connectivity index (χ2v) is 8.16. The molecular weight excluding hydrogens is 324 g/mol. The van der Waals surface area contributed by atoms with Gasteiger partial charge in [0.1, 0.15) is 0 Å². The van der Waals surface area contributed by atoms with Gasteiger partial charge in [0.05, 0.1) is 16.1 Å². The summed E-state index contributed by atoms with van der Waals surface area (Å²) in [6.45, 7) is 0.534. The first-order valence-corrected chi connectivity index (χ1v) is 9.91. The van der Waals surface area contributed by atoms with Crippen LogP contribution in [0.3, 0.4) is 0 Å². The molecule has 0 aromatic carbocycles. The molecule has 5 nitrogen and oxygen atoms in total. The number of hydrogen-bond donors (Lipinski definition) is 2. The van der Waals surface area contributed by atoms with Gasteiger partial charge in [0, 0.05) is 30.7 Å². The number of hydrogen-bond acceptors (Lipinski definition) is 4. The maximum Gasteiger partial charge on any atom is 0.310 e. The Labute approximate surface area is 146 Å². The van der Waals surface area contributed by atoms with Crippen molar-refractivity contribution in [3.8, 4) is 0 Å². The largest absolute Gasteiger partial charge is 0.481 e. The van der Waals surface area contributed by atoms with Crippen LogP contribution in [0.5, 0.6) is 0 Å². The van der Waals surface area contributed by atoms with Crippen molar-refractivity contribution in [2.75, 3.05) is 6.54 Å². The smallest absolute Gasteiger partial charge is 0.310 e. The molecule has 3 rings (SSSR count). The zero-order valence-corrected chi connectivity index (χ0v) is 14.9. The van der Waals surface area contributed by atoms with Crippen LogP contribution in [0.15, 0.2) is 5.38 Å². The fourth-order valence-electron chi connectivity index (χ4n) is 3.77. The van der Waals surface area contributed by atoms with Crippen LogP contribution in [0, 0.1) is 5.41 Å². The molecule has 0 unspecified atom stereocenters. The maximum atomic E-state index is 12.0. The fourth-order valence-corrected chi connectivity index (χ4v) is 4.65. The minimum atomic E-state index is -0.832. The number of amides is 1. The SMILES string of the molecule is O=C(CC1(C(=O)O)CCC1)NCCc1nc(C2CCCCC2)cs1. The fraction of sp³-hybridized carbons (Fsp3) is 0.722. The van der Waals surface area contributed by atoms with Crippen LogP contribution in [-0.4, -0.2) is 28.5 Å². The van der Waals surface area contributed by atoms with Crippen LogP contribution in [0.25, 0.3) is 0 Å². The van der Waals surface area contributed by atoms with Crippen LogP contribution >= 0.6 is 11.3 Å². The second-order valence-electron chi connectivity index (χ2n) is 7.22. The number of carbonyl (C=O) groups is 2. The molecule has 1 aromatic rings. The van der Waals surface area contributed by atoms with E-state index in [0.717, 1.165) is 17.8 Å². The van der Waals surface area contributed by atoms with Crippen molar-refractivity contribution in [2.45, 2.75) is 70.1 Å². The van der Waals surface area contributed by atoms with Gasteiger partial charge in [-0.1, -0.05) is 25.7 Å². The third kappa shape index (κ3) is 3.97. The lowest BCUT2D eigenvalue weighted by Gasteiger charge is -2.36. The van der Waals surface area contributed by atoms with Crippen LogP contribution in [-0.2, 0) is 16.0 Å². The van der Waals surface area contributed by atoms with Gasteiger partial charge in [0.25, 0.3) is 0 Å². The summed E-state index contributed by atoms with van der Waals surface area (Å²) in [5.41, 5.74) is 0.416. The highest BCUT2D eigenvalue weighted by Gasteiger charge is 2.45. The number of aromatic nitrogens is 1. The molecule has 2 saturated carbocycles. The quantitative estimate of drug-likeness (QED) is 0.789. The van der Waals surface area contributed by atoms with Crippen LogP contribution in [0.2, 0.25) is 0 Å². The molecule has 1 heterocycles. The Balaban J connectivity index is 1.42. The molecule has 24 heavy (non-hydrogen) atoms. The van der Waals surface area contributed by atoms with Gasteiger partial charge in [-0.15, -0.1) is 11.3 Å².